The molecule has 0 aliphatic carbocycles. The first kappa shape index (κ1) is 14.6. The lowest BCUT2D eigenvalue weighted by Gasteiger charge is -2.24. The van der Waals surface area contributed by atoms with E-state index >= 15 is 0 Å². The van der Waals surface area contributed by atoms with E-state index in [2.05, 4.69) is 67.3 Å². The van der Waals surface area contributed by atoms with Crippen LogP contribution in [-0.4, -0.2) is 13.1 Å². The van der Waals surface area contributed by atoms with Crippen molar-refractivity contribution in [3.05, 3.63) is 65.2 Å². The van der Waals surface area contributed by atoms with Crippen LogP contribution in [0.15, 0.2) is 48.5 Å². The van der Waals surface area contributed by atoms with E-state index in [1.54, 1.807) is 0 Å². The average Bonchev–Trinajstić information content (AvgIpc) is 2.48. The van der Waals surface area contributed by atoms with Gasteiger partial charge in [0.25, 0.3) is 0 Å². The topological polar surface area (TPSA) is 29.3 Å². The van der Waals surface area contributed by atoms with Crippen LogP contribution in [0.4, 0.5) is 5.69 Å². The van der Waals surface area contributed by atoms with Crippen molar-refractivity contribution in [1.29, 1.82) is 0 Å². The summed E-state index contributed by atoms with van der Waals surface area (Å²) in [7, 11) is 0. The van der Waals surface area contributed by atoms with Crippen molar-refractivity contribution in [2.24, 2.45) is 5.73 Å². The fraction of sp³-hybridized carbons (Fsp3) is 0.333. The Bertz CT molecular complexity index is 531. The number of hydrogen-bond acceptors (Lipinski definition) is 2. The maximum absolute atomic E-state index is 5.71. The van der Waals surface area contributed by atoms with Crippen LogP contribution in [0.2, 0.25) is 0 Å². The molecule has 20 heavy (non-hydrogen) atoms. The number of aryl methyl sites for hydroxylation is 1. The Labute approximate surface area is 122 Å². The van der Waals surface area contributed by atoms with Crippen molar-refractivity contribution in [2.75, 3.05) is 18.0 Å². The molecular formula is C18H24N2. The molecule has 2 aromatic carbocycles. The van der Waals surface area contributed by atoms with E-state index in [-0.39, 0.29) is 0 Å². The molecule has 2 rings (SSSR count). The molecule has 0 amide bonds. The highest BCUT2D eigenvalue weighted by atomic mass is 15.1. The van der Waals surface area contributed by atoms with Gasteiger partial charge in [0.1, 0.15) is 0 Å². The summed E-state index contributed by atoms with van der Waals surface area (Å²) >= 11 is 0. The van der Waals surface area contributed by atoms with Crippen LogP contribution >= 0.6 is 0 Å². The van der Waals surface area contributed by atoms with Gasteiger partial charge in [-0.3, -0.25) is 0 Å². The van der Waals surface area contributed by atoms with Crippen LogP contribution in [0.3, 0.4) is 0 Å². The molecule has 0 aliphatic heterocycles. The van der Waals surface area contributed by atoms with Crippen LogP contribution in [0.1, 0.15) is 23.6 Å². The second kappa shape index (κ2) is 7.11. The van der Waals surface area contributed by atoms with Gasteiger partial charge in [-0.15, -0.1) is 0 Å². The Balaban J connectivity index is 2.20. The maximum Gasteiger partial charge on any atom is 0.0432 e. The molecule has 0 spiro atoms. The summed E-state index contributed by atoms with van der Waals surface area (Å²) in [5, 5.41) is 0. The molecule has 0 unspecified atom stereocenters. The Kier molecular flexibility index (Phi) is 5.19. The lowest BCUT2D eigenvalue weighted by atomic mass is 10.0. The van der Waals surface area contributed by atoms with Crippen molar-refractivity contribution < 1.29 is 0 Å². The molecule has 2 nitrogen and oxygen atoms in total. The number of benzene rings is 2. The summed E-state index contributed by atoms with van der Waals surface area (Å²) in [6, 6.07) is 17.3. The maximum atomic E-state index is 5.71. The van der Waals surface area contributed by atoms with Gasteiger partial charge in [-0.2, -0.15) is 0 Å². The number of hydrogen-bond donors (Lipinski definition) is 1. The summed E-state index contributed by atoms with van der Waals surface area (Å²) in [5.74, 6) is 0. The van der Waals surface area contributed by atoms with Gasteiger partial charge in [0.05, 0.1) is 0 Å². The van der Waals surface area contributed by atoms with Gasteiger partial charge >= 0.3 is 0 Å². The van der Waals surface area contributed by atoms with Gasteiger partial charge in [0.2, 0.25) is 0 Å². The van der Waals surface area contributed by atoms with E-state index in [1.165, 1.54) is 22.4 Å². The normalized spacial score (nSPS) is 10.6. The predicted molar refractivity (Wildman–Crippen MR) is 87.1 cm³/mol. The Morgan fingerprint density at radius 1 is 0.950 bits per heavy atom. The van der Waals surface area contributed by atoms with Crippen LogP contribution in [0.25, 0.3) is 0 Å². The van der Waals surface area contributed by atoms with Crippen LogP contribution in [0.5, 0.6) is 0 Å². The van der Waals surface area contributed by atoms with Gasteiger partial charge in [-0.1, -0.05) is 42.0 Å². The van der Waals surface area contributed by atoms with E-state index in [0.29, 0.717) is 6.54 Å². The zero-order valence-corrected chi connectivity index (χ0v) is 12.5. The van der Waals surface area contributed by atoms with E-state index in [9.17, 15) is 0 Å². The predicted octanol–water partition coefficient (Wildman–Crippen LogP) is 3.52. The van der Waals surface area contributed by atoms with Crippen LogP contribution < -0.4 is 10.6 Å². The first-order valence-corrected chi connectivity index (χ1v) is 7.33. The molecule has 0 fully saturated rings. The molecule has 0 saturated heterocycles. The molecule has 106 valence electrons. The minimum atomic E-state index is 0.702. The number of rotatable bonds is 6. The second-order valence-corrected chi connectivity index (χ2v) is 5.16. The monoisotopic (exact) mass is 268 g/mol. The molecule has 0 atom stereocenters. The van der Waals surface area contributed by atoms with Gasteiger partial charge in [0.15, 0.2) is 0 Å². The van der Waals surface area contributed by atoms with Crippen molar-refractivity contribution in [1.82, 2.24) is 0 Å². The molecule has 0 heterocycles. The van der Waals surface area contributed by atoms with Crippen molar-refractivity contribution in [2.45, 2.75) is 26.8 Å². The van der Waals surface area contributed by atoms with Crippen LogP contribution in [-0.2, 0) is 13.0 Å². The zero-order chi connectivity index (χ0) is 14.4. The van der Waals surface area contributed by atoms with E-state index in [1.807, 2.05) is 0 Å². The molecule has 0 aromatic heterocycles. The minimum Gasteiger partial charge on any atom is -0.367 e. The van der Waals surface area contributed by atoms with Crippen LogP contribution in [0, 0.1) is 6.92 Å². The Morgan fingerprint density at radius 3 is 2.20 bits per heavy atom. The first-order chi connectivity index (χ1) is 9.74. The third-order valence-electron chi connectivity index (χ3n) is 3.67. The minimum absolute atomic E-state index is 0.702. The Hall–Kier alpha value is -1.80. The SMILES string of the molecule is CCN(Cc1ccccc1CCN)c1ccc(C)cc1. The summed E-state index contributed by atoms with van der Waals surface area (Å²) in [6.45, 7) is 6.96. The van der Waals surface area contributed by atoms with E-state index in [0.717, 1.165) is 19.5 Å². The lowest BCUT2D eigenvalue weighted by molar-refractivity contribution is 0.816. The third kappa shape index (κ3) is 3.61. The molecule has 0 radical (unpaired) electrons. The highest BCUT2D eigenvalue weighted by Gasteiger charge is 2.08. The molecule has 0 bridgehead atoms. The molecular weight excluding hydrogens is 244 g/mol. The molecule has 2 heteroatoms. The third-order valence-corrected chi connectivity index (χ3v) is 3.67. The van der Waals surface area contributed by atoms with Gasteiger partial charge in [-0.05, 0) is 50.1 Å². The fourth-order valence-corrected chi connectivity index (χ4v) is 2.46. The quantitative estimate of drug-likeness (QED) is 0.868. The largest absolute Gasteiger partial charge is 0.367 e. The summed E-state index contributed by atoms with van der Waals surface area (Å²) in [4.78, 5) is 2.40. The van der Waals surface area contributed by atoms with Gasteiger partial charge in [0, 0.05) is 18.8 Å². The average molecular weight is 268 g/mol. The highest BCUT2D eigenvalue weighted by Crippen LogP contribution is 2.19. The molecule has 0 aliphatic rings. The highest BCUT2D eigenvalue weighted by molar-refractivity contribution is 5.48. The van der Waals surface area contributed by atoms with Gasteiger partial charge < -0.3 is 10.6 Å². The zero-order valence-electron chi connectivity index (χ0n) is 12.5. The van der Waals surface area contributed by atoms with Crippen molar-refractivity contribution in [3.63, 3.8) is 0 Å². The summed E-state index contributed by atoms with van der Waals surface area (Å²) in [5.41, 5.74) is 11.0. The number of nitrogens with zero attached hydrogens (tertiary/aromatic N) is 1. The van der Waals surface area contributed by atoms with Crippen molar-refractivity contribution in [3.8, 4) is 0 Å². The number of nitrogens with two attached hydrogens (primary N) is 1. The van der Waals surface area contributed by atoms with E-state index in [4.69, 9.17) is 5.73 Å². The number of anilines is 1. The standard InChI is InChI=1S/C18H24N2/c1-3-20(18-10-8-15(2)9-11-18)14-17-7-5-4-6-16(17)12-13-19/h4-11H,3,12-14,19H2,1-2H3. The summed E-state index contributed by atoms with van der Waals surface area (Å²) in [6.07, 6.45) is 0.946. The molecule has 2 N–H and O–H groups in total. The first-order valence-electron chi connectivity index (χ1n) is 7.33. The Morgan fingerprint density at radius 2 is 1.60 bits per heavy atom. The fourth-order valence-electron chi connectivity index (χ4n) is 2.46. The van der Waals surface area contributed by atoms with Crippen molar-refractivity contribution >= 4 is 5.69 Å². The van der Waals surface area contributed by atoms with E-state index < -0.39 is 0 Å². The molecule has 2 aromatic rings. The molecule has 0 saturated carbocycles. The smallest absolute Gasteiger partial charge is 0.0432 e. The lowest BCUT2D eigenvalue weighted by Crippen LogP contribution is -2.23. The summed E-state index contributed by atoms with van der Waals surface area (Å²) < 4.78 is 0. The van der Waals surface area contributed by atoms with Gasteiger partial charge in [-0.25, -0.2) is 0 Å². The second-order valence-electron chi connectivity index (χ2n) is 5.16.